The van der Waals surface area contributed by atoms with Crippen LogP contribution < -0.4 is 14.4 Å². The Morgan fingerprint density at radius 2 is 1.96 bits per heavy atom. The van der Waals surface area contributed by atoms with Crippen LogP contribution in [-0.2, 0) is 10.0 Å². The molecule has 2 aromatic rings. The molecule has 8 nitrogen and oxygen atoms in total. The molecule has 0 spiro atoms. The maximum Gasteiger partial charge on any atom is 0.273 e. The van der Waals surface area contributed by atoms with Crippen LogP contribution in [0.5, 0.6) is 5.75 Å². The standard InChI is InChI=1S/C19H23N3O5S/c1-14-16(22(23)24)9-5-11-19(14)28(25,26)20-15-7-6-12-21(13-15)17-8-3-4-10-18(17)27-2/h3-5,8-11,15,20H,6-7,12-13H2,1-2H3. The molecule has 0 aromatic heterocycles. The van der Waals surface area contributed by atoms with E-state index in [-0.39, 0.29) is 22.2 Å². The van der Waals surface area contributed by atoms with Crippen molar-refractivity contribution in [2.45, 2.75) is 30.7 Å². The third-order valence-electron chi connectivity index (χ3n) is 4.91. The number of ether oxygens (including phenoxy) is 1. The van der Waals surface area contributed by atoms with Gasteiger partial charge in [-0.05, 0) is 38.0 Å². The summed E-state index contributed by atoms with van der Waals surface area (Å²) in [5.74, 6) is 0.737. The van der Waals surface area contributed by atoms with Crippen LogP contribution in [0.1, 0.15) is 18.4 Å². The Labute approximate surface area is 164 Å². The molecule has 1 atom stereocenters. The van der Waals surface area contributed by atoms with Crippen molar-refractivity contribution in [2.24, 2.45) is 0 Å². The van der Waals surface area contributed by atoms with E-state index in [4.69, 9.17) is 4.74 Å². The molecule has 150 valence electrons. The number of methoxy groups -OCH3 is 1. The minimum absolute atomic E-state index is 0.0592. The van der Waals surface area contributed by atoms with Gasteiger partial charge in [-0.2, -0.15) is 0 Å². The number of sulfonamides is 1. The average Bonchev–Trinajstić information content (AvgIpc) is 2.67. The van der Waals surface area contributed by atoms with Gasteiger partial charge in [0, 0.05) is 30.8 Å². The lowest BCUT2D eigenvalue weighted by Gasteiger charge is -2.35. The normalized spacial score (nSPS) is 17.4. The van der Waals surface area contributed by atoms with Crippen LogP contribution in [0.3, 0.4) is 0 Å². The van der Waals surface area contributed by atoms with E-state index in [2.05, 4.69) is 9.62 Å². The second kappa shape index (κ2) is 8.15. The van der Waals surface area contributed by atoms with Crippen molar-refractivity contribution in [1.82, 2.24) is 4.72 Å². The van der Waals surface area contributed by atoms with Crippen LogP contribution in [0.25, 0.3) is 0 Å². The van der Waals surface area contributed by atoms with Crippen LogP contribution in [0, 0.1) is 17.0 Å². The van der Waals surface area contributed by atoms with E-state index in [1.807, 2.05) is 24.3 Å². The predicted molar refractivity (Wildman–Crippen MR) is 106 cm³/mol. The first kappa shape index (κ1) is 20.1. The summed E-state index contributed by atoms with van der Waals surface area (Å²) in [7, 11) is -2.28. The molecule has 28 heavy (non-hydrogen) atoms. The maximum absolute atomic E-state index is 12.9. The molecule has 0 aliphatic carbocycles. The summed E-state index contributed by atoms with van der Waals surface area (Å²) in [6.07, 6.45) is 1.51. The molecule has 0 saturated carbocycles. The van der Waals surface area contributed by atoms with Gasteiger partial charge in [0.15, 0.2) is 0 Å². The van der Waals surface area contributed by atoms with Crippen LogP contribution in [0.15, 0.2) is 47.4 Å². The van der Waals surface area contributed by atoms with Crippen molar-refractivity contribution in [1.29, 1.82) is 0 Å². The zero-order valence-electron chi connectivity index (χ0n) is 15.8. The number of nitro benzene ring substituents is 1. The van der Waals surface area contributed by atoms with Crippen LogP contribution in [0.2, 0.25) is 0 Å². The van der Waals surface area contributed by atoms with Crippen molar-refractivity contribution in [3.63, 3.8) is 0 Å². The second-order valence-corrected chi connectivity index (χ2v) is 8.42. The Bertz CT molecular complexity index is 977. The van der Waals surface area contributed by atoms with Gasteiger partial charge in [0.25, 0.3) is 5.69 Å². The zero-order chi connectivity index (χ0) is 20.3. The Morgan fingerprint density at radius 3 is 2.68 bits per heavy atom. The van der Waals surface area contributed by atoms with E-state index in [0.29, 0.717) is 13.0 Å². The van der Waals surface area contributed by atoms with Crippen molar-refractivity contribution in [3.05, 3.63) is 58.1 Å². The highest BCUT2D eigenvalue weighted by molar-refractivity contribution is 7.89. The van der Waals surface area contributed by atoms with Gasteiger partial charge in [0.2, 0.25) is 10.0 Å². The summed E-state index contributed by atoms with van der Waals surface area (Å²) in [6.45, 7) is 2.75. The fourth-order valence-electron chi connectivity index (χ4n) is 3.56. The van der Waals surface area contributed by atoms with E-state index in [9.17, 15) is 18.5 Å². The summed E-state index contributed by atoms with van der Waals surface area (Å²) >= 11 is 0. The van der Waals surface area contributed by atoms with Crippen LogP contribution in [-0.4, -0.2) is 39.6 Å². The zero-order valence-corrected chi connectivity index (χ0v) is 16.6. The minimum Gasteiger partial charge on any atom is -0.495 e. The summed E-state index contributed by atoms with van der Waals surface area (Å²) in [6, 6.07) is 11.4. The third kappa shape index (κ3) is 4.10. The number of para-hydroxylation sites is 2. The van der Waals surface area contributed by atoms with E-state index in [1.54, 1.807) is 7.11 Å². The van der Waals surface area contributed by atoms with E-state index < -0.39 is 14.9 Å². The SMILES string of the molecule is COc1ccccc1N1CCCC(NS(=O)(=O)c2cccc([N+](=O)[O-])c2C)C1. The molecule has 1 saturated heterocycles. The fourth-order valence-corrected chi connectivity index (χ4v) is 5.08. The van der Waals surface area contributed by atoms with Gasteiger partial charge in [-0.3, -0.25) is 10.1 Å². The molecule has 0 amide bonds. The number of nitro groups is 1. The number of benzene rings is 2. The minimum atomic E-state index is -3.88. The largest absolute Gasteiger partial charge is 0.495 e. The molecule has 1 fully saturated rings. The van der Waals surface area contributed by atoms with E-state index >= 15 is 0 Å². The molecular weight excluding hydrogens is 382 g/mol. The lowest BCUT2D eigenvalue weighted by Crippen LogP contribution is -2.47. The smallest absolute Gasteiger partial charge is 0.273 e. The van der Waals surface area contributed by atoms with Gasteiger partial charge in [-0.15, -0.1) is 0 Å². The first-order valence-corrected chi connectivity index (χ1v) is 10.5. The quantitative estimate of drug-likeness (QED) is 0.586. The van der Waals surface area contributed by atoms with Gasteiger partial charge < -0.3 is 9.64 Å². The molecule has 2 aromatic carbocycles. The maximum atomic E-state index is 12.9. The van der Waals surface area contributed by atoms with Crippen molar-refractivity contribution >= 4 is 21.4 Å². The molecule has 3 rings (SSSR count). The lowest BCUT2D eigenvalue weighted by atomic mass is 10.1. The van der Waals surface area contributed by atoms with Gasteiger partial charge in [0.05, 0.1) is 22.6 Å². The number of nitrogens with one attached hydrogen (secondary N) is 1. The highest BCUT2D eigenvalue weighted by Crippen LogP contribution is 2.30. The van der Waals surface area contributed by atoms with Gasteiger partial charge in [-0.1, -0.05) is 18.2 Å². The Balaban J connectivity index is 1.81. The molecular formula is C19H23N3O5S. The van der Waals surface area contributed by atoms with Crippen molar-refractivity contribution in [2.75, 3.05) is 25.1 Å². The third-order valence-corrected chi connectivity index (χ3v) is 6.58. The number of nitrogens with zero attached hydrogens (tertiary/aromatic N) is 2. The fraction of sp³-hybridized carbons (Fsp3) is 0.368. The number of piperidine rings is 1. The molecule has 0 bridgehead atoms. The lowest BCUT2D eigenvalue weighted by molar-refractivity contribution is -0.385. The number of rotatable bonds is 6. The van der Waals surface area contributed by atoms with Crippen LogP contribution in [0.4, 0.5) is 11.4 Å². The molecule has 1 aliphatic heterocycles. The topological polar surface area (TPSA) is 102 Å². The number of hydrogen-bond donors (Lipinski definition) is 1. The van der Waals surface area contributed by atoms with Gasteiger partial charge in [-0.25, -0.2) is 13.1 Å². The van der Waals surface area contributed by atoms with Gasteiger partial charge in [0.1, 0.15) is 5.75 Å². The first-order chi connectivity index (χ1) is 13.3. The summed E-state index contributed by atoms with van der Waals surface area (Å²) < 4.78 is 33.9. The molecule has 1 aliphatic rings. The average molecular weight is 405 g/mol. The van der Waals surface area contributed by atoms with Crippen LogP contribution >= 0.6 is 0 Å². The second-order valence-electron chi connectivity index (χ2n) is 6.74. The number of anilines is 1. The summed E-state index contributed by atoms with van der Waals surface area (Å²) in [5, 5.41) is 11.1. The summed E-state index contributed by atoms with van der Waals surface area (Å²) in [5.41, 5.74) is 0.847. The molecule has 1 unspecified atom stereocenters. The molecule has 9 heteroatoms. The monoisotopic (exact) mass is 405 g/mol. The Kier molecular flexibility index (Phi) is 5.85. The van der Waals surface area contributed by atoms with Crippen molar-refractivity contribution < 1.29 is 18.1 Å². The Hall–Kier alpha value is -2.65. The van der Waals surface area contributed by atoms with Crippen molar-refractivity contribution in [3.8, 4) is 5.75 Å². The molecule has 1 N–H and O–H groups in total. The number of hydrogen-bond acceptors (Lipinski definition) is 6. The van der Waals surface area contributed by atoms with E-state index in [1.165, 1.54) is 25.1 Å². The summed E-state index contributed by atoms with van der Waals surface area (Å²) in [4.78, 5) is 12.6. The Morgan fingerprint density at radius 1 is 1.21 bits per heavy atom. The van der Waals surface area contributed by atoms with E-state index in [0.717, 1.165) is 24.4 Å². The molecule has 1 heterocycles. The predicted octanol–water partition coefficient (Wildman–Crippen LogP) is 2.86. The van der Waals surface area contributed by atoms with Gasteiger partial charge >= 0.3 is 0 Å². The molecule has 0 radical (unpaired) electrons. The highest BCUT2D eigenvalue weighted by atomic mass is 32.2. The first-order valence-electron chi connectivity index (χ1n) is 8.98. The highest BCUT2D eigenvalue weighted by Gasteiger charge is 2.29.